The normalized spacial score (nSPS) is 17.4. The van der Waals surface area contributed by atoms with Gasteiger partial charge in [-0.3, -0.25) is 0 Å². The molecule has 0 spiro atoms. The van der Waals surface area contributed by atoms with E-state index in [9.17, 15) is 13.2 Å². The van der Waals surface area contributed by atoms with Crippen molar-refractivity contribution in [2.45, 2.75) is 17.7 Å². The van der Waals surface area contributed by atoms with Crippen LogP contribution in [0.3, 0.4) is 0 Å². The maximum Gasteiger partial charge on any atom is 0.244 e. The summed E-state index contributed by atoms with van der Waals surface area (Å²) in [4.78, 5) is 17.2. The minimum atomic E-state index is -3.43. The van der Waals surface area contributed by atoms with Gasteiger partial charge in [0.15, 0.2) is 0 Å². The lowest BCUT2D eigenvalue weighted by atomic mass is 9.99. The predicted octanol–water partition coefficient (Wildman–Crippen LogP) is 0.747. The van der Waals surface area contributed by atoms with Crippen LogP contribution in [0.15, 0.2) is 23.2 Å². The Morgan fingerprint density at radius 3 is 2.40 bits per heavy atom. The van der Waals surface area contributed by atoms with Crippen molar-refractivity contribution in [1.29, 1.82) is 0 Å². The first-order chi connectivity index (χ1) is 9.45. The Morgan fingerprint density at radius 2 is 1.95 bits per heavy atom. The van der Waals surface area contributed by atoms with Crippen molar-refractivity contribution in [2.75, 3.05) is 32.1 Å². The first-order valence-corrected chi connectivity index (χ1v) is 7.98. The fourth-order valence-electron chi connectivity index (χ4n) is 2.19. The average Bonchev–Trinajstić information content (AvgIpc) is 2.47. The minimum absolute atomic E-state index is 0.139. The van der Waals surface area contributed by atoms with Crippen LogP contribution in [-0.2, 0) is 14.8 Å². The zero-order valence-electron chi connectivity index (χ0n) is 11.7. The summed E-state index contributed by atoms with van der Waals surface area (Å²) < 4.78 is 25.0. The van der Waals surface area contributed by atoms with Crippen LogP contribution in [0.5, 0.6) is 0 Å². The number of sulfonamides is 1. The molecule has 0 bridgehead atoms. The first kappa shape index (κ1) is 14.9. The molecule has 1 aromatic heterocycles. The number of anilines is 1. The number of aldehydes is 1. The largest absolute Gasteiger partial charge is 0.357 e. The summed E-state index contributed by atoms with van der Waals surface area (Å²) in [6.45, 7) is 1.55. The molecule has 0 amide bonds. The van der Waals surface area contributed by atoms with Crippen molar-refractivity contribution in [3.8, 4) is 0 Å². The number of piperidine rings is 1. The summed E-state index contributed by atoms with van der Waals surface area (Å²) in [7, 11) is -0.444. The van der Waals surface area contributed by atoms with Gasteiger partial charge in [0.05, 0.1) is 0 Å². The first-order valence-electron chi connectivity index (χ1n) is 6.54. The maximum absolute atomic E-state index is 11.9. The quantitative estimate of drug-likeness (QED) is 0.767. The average molecular weight is 297 g/mol. The Hall–Kier alpha value is -1.47. The Balaban J connectivity index is 2.12. The Bertz CT molecular complexity index is 561. The van der Waals surface area contributed by atoms with E-state index in [1.165, 1.54) is 24.6 Å². The zero-order chi connectivity index (χ0) is 14.8. The second kappa shape index (κ2) is 5.88. The third kappa shape index (κ3) is 2.99. The van der Waals surface area contributed by atoms with E-state index in [1.807, 2.05) is 0 Å². The predicted molar refractivity (Wildman–Crippen MR) is 76.1 cm³/mol. The van der Waals surface area contributed by atoms with E-state index in [-0.39, 0.29) is 10.8 Å². The summed E-state index contributed by atoms with van der Waals surface area (Å²) in [5.74, 6) is 0.895. The minimum Gasteiger partial charge on any atom is -0.357 e. The highest BCUT2D eigenvalue weighted by atomic mass is 32.2. The van der Waals surface area contributed by atoms with E-state index >= 15 is 0 Å². The van der Waals surface area contributed by atoms with Crippen LogP contribution in [0.25, 0.3) is 0 Å². The van der Waals surface area contributed by atoms with Crippen molar-refractivity contribution in [3.63, 3.8) is 0 Å². The molecule has 0 aromatic carbocycles. The molecule has 0 radical (unpaired) electrons. The lowest BCUT2D eigenvalue weighted by Crippen LogP contribution is -2.34. The summed E-state index contributed by atoms with van der Waals surface area (Å²) in [5.41, 5.74) is 0. The number of nitrogens with zero attached hydrogens (tertiary/aromatic N) is 3. The summed E-state index contributed by atoms with van der Waals surface area (Å²) in [5, 5.41) is 0. The molecule has 0 N–H and O–H groups in total. The number of aromatic nitrogens is 1. The molecule has 1 saturated heterocycles. The third-order valence-corrected chi connectivity index (χ3v) is 5.35. The van der Waals surface area contributed by atoms with Gasteiger partial charge in [0.1, 0.15) is 17.0 Å². The summed E-state index contributed by atoms with van der Waals surface area (Å²) in [6.07, 6.45) is 4.04. The second-order valence-electron chi connectivity index (χ2n) is 5.10. The fraction of sp³-hybridized carbons (Fsp3) is 0.538. The fourth-order valence-corrected chi connectivity index (χ4v) is 3.04. The van der Waals surface area contributed by atoms with Crippen LogP contribution < -0.4 is 4.90 Å². The Labute approximate surface area is 119 Å². The SMILES string of the molecule is CN(C)S(=O)(=O)c1ccc(N2CCC(C=O)CC2)nc1. The van der Waals surface area contributed by atoms with E-state index in [0.717, 1.165) is 38.0 Å². The van der Waals surface area contributed by atoms with Crippen LogP contribution in [-0.4, -0.2) is 51.2 Å². The van der Waals surface area contributed by atoms with Gasteiger partial charge in [0.25, 0.3) is 0 Å². The third-order valence-electron chi connectivity index (χ3n) is 3.56. The molecule has 1 aromatic rings. The van der Waals surface area contributed by atoms with Crippen molar-refractivity contribution < 1.29 is 13.2 Å². The topological polar surface area (TPSA) is 70.6 Å². The highest BCUT2D eigenvalue weighted by Gasteiger charge is 2.21. The Kier molecular flexibility index (Phi) is 4.39. The highest BCUT2D eigenvalue weighted by molar-refractivity contribution is 7.89. The van der Waals surface area contributed by atoms with Gasteiger partial charge in [0, 0.05) is 39.3 Å². The molecule has 1 fully saturated rings. The molecule has 110 valence electrons. The zero-order valence-corrected chi connectivity index (χ0v) is 12.5. The van der Waals surface area contributed by atoms with Crippen molar-refractivity contribution in [2.24, 2.45) is 5.92 Å². The van der Waals surface area contributed by atoms with Crippen LogP contribution in [0.1, 0.15) is 12.8 Å². The lowest BCUT2D eigenvalue weighted by Gasteiger charge is -2.30. The molecule has 0 aliphatic carbocycles. The molecule has 1 aliphatic heterocycles. The van der Waals surface area contributed by atoms with E-state index in [4.69, 9.17) is 0 Å². The molecule has 0 saturated carbocycles. The number of pyridine rings is 1. The Morgan fingerprint density at radius 1 is 1.30 bits per heavy atom. The molecule has 20 heavy (non-hydrogen) atoms. The van der Waals surface area contributed by atoms with Crippen molar-refractivity contribution in [3.05, 3.63) is 18.3 Å². The maximum atomic E-state index is 11.9. The van der Waals surface area contributed by atoms with Gasteiger partial charge in [-0.15, -0.1) is 0 Å². The van der Waals surface area contributed by atoms with E-state index in [1.54, 1.807) is 12.1 Å². The van der Waals surface area contributed by atoms with Crippen LogP contribution in [0.2, 0.25) is 0 Å². The van der Waals surface area contributed by atoms with Gasteiger partial charge in [-0.1, -0.05) is 0 Å². The van der Waals surface area contributed by atoms with E-state index < -0.39 is 10.0 Å². The molecule has 2 rings (SSSR count). The molecule has 7 heteroatoms. The molecule has 0 atom stereocenters. The van der Waals surface area contributed by atoms with Crippen molar-refractivity contribution in [1.82, 2.24) is 9.29 Å². The monoisotopic (exact) mass is 297 g/mol. The molecule has 0 unspecified atom stereocenters. The number of rotatable bonds is 4. The van der Waals surface area contributed by atoms with Gasteiger partial charge >= 0.3 is 0 Å². The number of carbonyl (C=O) groups excluding carboxylic acids is 1. The molecule has 1 aliphatic rings. The summed E-state index contributed by atoms with van der Waals surface area (Å²) in [6, 6.07) is 3.29. The molecule has 2 heterocycles. The van der Waals surface area contributed by atoms with Gasteiger partial charge in [-0.2, -0.15) is 0 Å². The van der Waals surface area contributed by atoms with Gasteiger partial charge < -0.3 is 9.69 Å². The highest BCUT2D eigenvalue weighted by Crippen LogP contribution is 2.22. The lowest BCUT2D eigenvalue weighted by molar-refractivity contribution is -0.111. The van der Waals surface area contributed by atoms with Gasteiger partial charge in [-0.05, 0) is 25.0 Å². The van der Waals surface area contributed by atoms with Crippen LogP contribution in [0.4, 0.5) is 5.82 Å². The van der Waals surface area contributed by atoms with Crippen LogP contribution in [0, 0.1) is 5.92 Å². The molecular formula is C13H19N3O3S. The van der Waals surface area contributed by atoms with Crippen LogP contribution >= 0.6 is 0 Å². The van der Waals surface area contributed by atoms with Gasteiger partial charge in [0.2, 0.25) is 10.0 Å². The number of carbonyl (C=O) groups is 1. The van der Waals surface area contributed by atoms with E-state index in [2.05, 4.69) is 9.88 Å². The smallest absolute Gasteiger partial charge is 0.244 e. The molecule has 6 nitrogen and oxygen atoms in total. The summed E-state index contributed by atoms with van der Waals surface area (Å²) >= 11 is 0. The van der Waals surface area contributed by atoms with Crippen molar-refractivity contribution >= 4 is 22.1 Å². The number of hydrogen-bond donors (Lipinski definition) is 0. The standard InChI is InChI=1S/C13H19N3O3S/c1-15(2)20(18,19)12-3-4-13(14-9-12)16-7-5-11(10-17)6-8-16/h3-4,9-11H,5-8H2,1-2H3. The second-order valence-corrected chi connectivity index (χ2v) is 7.25. The van der Waals surface area contributed by atoms with Gasteiger partial charge in [-0.25, -0.2) is 17.7 Å². The van der Waals surface area contributed by atoms with E-state index in [0.29, 0.717) is 0 Å². The molecular weight excluding hydrogens is 278 g/mol. The number of hydrogen-bond acceptors (Lipinski definition) is 5.